The molecule has 366 valence electrons. The van der Waals surface area contributed by atoms with E-state index in [1.54, 1.807) is 0 Å². The zero-order chi connectivity index (χ0) is 49.8. The Labute approximate surface area is 441 Å². The maximum Gasteiger partial charge on any atom is 0.267 e. The number of benzene rings is 7. The number of ether oxygens (including phenoxy) is 1. The Balaban J connectivity index is 0.00000640. The summed E-state index contributed by atoms with van der Waals surface area (Å²) >= 11 is 0. The summed E-state index contributed by atoms with van der Waals surface area (Å²) in [5, 5.41) is 2.20. The van der Waals surface area contributed by atoms with Crippen molar-refractivity contribution in [1.82, 2.24) is 14.1 Å². The maximum atomic E-state index is 7.04. The smallest absolute Gasteiger partial charge is 0.267 e. The first-order valence-corrected chi connectivity index (χ1v) is 25.1. The summed E-state index contributed by atoms with van der Waals surface area (Å²) in [6.45, 7) is 25.0. The van der Waals surface area contributed by atoms with Gasteiger partial charge in [0.25, 0.3) is 6.33 Å². The Morgan fingerprint density at radius 1 is 0.556 bits per heavy atom. The van der Waals surface area contributed by atoms with Gasteiger partial charge in [0.1, 0.15) is 5.82 Å². The third-order valence-corrected chi connectivity index (χ3v) is 14.5. The predicted molar refractivity (Wildman–Crippen MR) is 292 cm³/mol. The minimum absolute atomic E-state index is 0. The molecule has 0 aliphatic heterocycles. The first-order valence-electron chi connectivity index (χ1n) is 25.1. The third kappa shape index (κ3) is 9.41. The molecule has 0 saturated carbocycles. The second-order valence-electron chi connectivity index (χ2n) is 21.8. The van der Waals surface area contributed by atoms with E-state index in [-0.39, 0.29) is 37.3 Å². The Kier molecular flexibility index (Phi) is 13.7. The molecule has 3 heterocycles. The average Bonchev–Trinajstić information content (AvgIpc) is 3.98. The molecule has 0 N–H and O–H groups in total. The van der Waals surface area contributed by atoms with Gasteiger partial charge in [-0.25, -0.2) is 4.98 Å². The van der Waals surface area contributed by atoms with Gasteiger partial charge in [0.15, 0.2) is 0 Å². The van der Waals surface area contributed by atoms with Crippen molar-refractivity contribution >= 4 is 21.8 Å². The van der Waals surface area contributed by atoms with Crippen molar-refractivity contribution in [1.29, 1.82) is 0 Å². The number of imidazole rings is 1. The molecule has 10 rings (SSSR count). The van der Waals surface area contributed by atoms with Gasteiger partial charge in [-0.15, -0.1) is 35.2 Å². The Morgan fingerprint density at radius 2 is 1.15 bits per heavy atom. The third-order valence-electron chi connectivity index (χ3n) is 14.5. The molecule has 10 aromatic rings. The standard InChI is InChI=1S/C66H64N4O.Pt/c1-44(2)55-29-21-30-56(45(3)4)63(55)46-36-52(68-42-61(64(5,6)7)69(43-68)51-27-20-26-49(38-51)65(8,9)47-22-14-12-15-23-47)40-54(37-46)71-53-32-33-58-57-28-18-19-31-59(57)70(60(58)41-53)62-39-50(34-35-67-62)66(10,11)48-24-16-13-17-25-48;/h12-39,42,44-45H,1-11H3;/q-2;. The number of nitrogens with zero attached hydrogens (tertiary/aromatic N) is 4. The van der Waals surface area contributed by atoms with Gasteiger partial charge in [0, 0.05) is 61.3 Å². The van der Waals surface area contributed by atoms with E-state index in [4.69, 9.17) is 9.72 Å². The fourth-order valence-corrected chi connectivity index (χ4v) is 10.3. The van der Waals surface area contributed by atoms with Crippen LogP contribution in [-0.2, 0) is 37.3 Å². The van der Waals surface area contributed by atoms with Crippen LogP contribution >= 0.6 is 0 Å². The molecular formula is C66H64N4OPt-2. The Hall–Kier alpha value is -6.81. The molecule has 0 bridgehead atoms. The fraction of sp³-hybridized carbons (Fsp3) is 0.242. The molecular weight excluding hydrogens is 1060 g/mol. The van der Waals surface area contributed by atoms with Crippen molar-refractivity contribution in [2.45, 2.75) is 104 Å². The van der Waals surface area contributed by atoms with Crippen molar-refractivity contribution in [2.75, 3.05) is 0 Å². The molecule has 0 unspecified atom stereocenters. The van der Waals surface area contributed by atoms with Crippen LogP contribution in [-0.4, -0.2) is 14.1 Å². The molecule has 0 amide bonds. The topological polar surface area (TPSA) is 35.9 Å². The summed E-state index contributed by atoms with van der Waals surface area (Å²) in [6.07, 6.45) is 7.94. The van der Waals surface area contributed by atoms with Crippen LogP contribution in [0.1, 0.15) is 127 Å². The predicted octanol–water partition coefficient (Wildman–Crippen LogP) is 16.3. The maximum absolute atomic E-state index is 7.04. The van der Waals surface area contributed by atoms with Crippen LogP contribution in [0.5, 0.6) is 11.5 Å². The molecule has 0 fully saturated rings. The van der Waals surface area contributed by atoms with Crippen LogP contribution < -0.4 is 9.30 Å². The number of para-hydroxylation sites is 1. The molecule has 0 aliphatic carbocycles. The number of rotatable bonds is 12. The summed E-state index contributed by atoms with van der Waals surface area (Å²) in [4.78, 5) is 5.00. The summed E-state index contributed by atoms with van der Waals surface area (Å²) in [6, 6.07) is 66.0. The second kappa shape index (κ2) is 19.7. The van der Waals surface area contributed by atoms with Crippen LogP contribution in [0, 0.1) is 18.5 Å². The molecule has 0 saturated heterocycles. The average molecular weight is 1120 g/mol. The number of hydrogen-bond acceptors (Lipinski definition) is 2. The van der Waals surface area contributed by atoms with Crippen LogP contribution in [0.4, 0.5) is 0 Å². The van der Waals surface area contributed by atoms with Gasteiger partial charge in [0.2, 0.25) is 0 Å². The molecule has 0 radical (unpaired) electrons. The van der Waals surface area contributed by atoms with Gasteiger partial charge in [-0.05, 0) is 97.6 Å². The van der Waals surface area contributed by atoms with Crippen LogP contribution in [0.2, 0.25) is 0 Å². The molecule has 3 aromatic heterocycles. The van der Waals surface area contributed by atoms with E-state index in [1.165, 1.54) is 38.9 Å². The summed E-state index contributed by atoms with van der Waals surface area (Å²) in [7, 11) is 0. The number of hydrogen-bond donors (Lipinski definition) is 0. The summed E-state index contributed by atoms with van der Waals surface area (Å²) < 4.78 is 13.6. The van der Waals surface area contributed by atoms with E-state index in [1.807, 2.05) is 12.3 Å². The van der Waals surface area contributed by atoms with Crippen LogP contribution in [0.3, 0.4) is 0 Å². The van der Waals surface area contributed by atoms with E-state index in [9.17, 15) is 0 Å². The Morgan fingerprint density at radius 3 is 1.79 bits per heavy atom. The van der Waals surface area contributed by atoms with Gasteiger partial charge in [-0.2, -0.15) is 12.1 Å². The van der Waals surface area contributed by atoms with E-state index < -0.39 is 0 Å². The van der Waals surface area contributed by atoms with E-state index in [2.05, 4.69) is 272 Å². The van der Waals surface area contributed by atoms with Gasteiger partial charge >= 0.3 is 0 Å². The first-order chi connectivity index (χ1) is 34.0. The fourth-order valence-electron chi connectivity index (χ4n) is 10.3. The summed E-state index contributed by atoms with van der Waals surface area (Å²) in [5.74, 6) is 2.59. The zero-order valence-corrected chi connectivity index (χ0v) is 45.7. The quantitative estimate of drug-likeness (QED) is 0.0903. The van der Waals surface area contributed by atoms with Crippen molar-refractivity contribution in [3.63, 3.8) is 0 Å². The molecule has 0 spiro atoms. The van der Waals surface area contributed by atoms with Gasteiger partial charge in [0.05, 0.1) is 11.4 Å². The van der Waals surface area contributed by atoms with Crippen molar-refractivity contribution in [3.8, 4) is 39.8 Å². The molecule has 72 heavy (non-hydrogen) atoms. The van der Waals surface area contributed by atoms with E-state index >= 15 is 0 Å². The normalized spacial score (nSPS) is 12.2. The van der Waals surface area contributed by atoms with Crippen molar-refractivity contribution in [2.24, 2.45) is 0 Å². The zero-order valence-electron chi connectivity index (χ0n) is 43.4. The van der Waals surface area contributed by atoms with Gasteiger partial charge in [-0.1, -0.05) is 191 Å². The monoisotopic (exact) mass is 1120 g/mol. The molecule has 0 atom stereocenters. The molecule has 6 heteroatoms. The summed E-state index contributed by atoms with van der Waals surface area (Å²) in [5.41, 5.74) is 14.1. The second-order valence-corrected chi connectivity index (χ2v) is 21.8. The largest absolute Gasteiger partial charge is 0.510 e. The minimum atomic E-state index is -0.245. The van der Waals surface area contributed by atoms with Crippen molar-refractivity contribution < 1.29 is 30.4 Å². The molecule has 7 aromatic carbocycles. The van der Waals surface area contributed by atoms with Crippen LogP contribution in [0.25, 0.3) is 50.1 Å². The number of pyridine rings is 1. The number of aromatic nitrogens is 4. The van der Waals surface area contributed by atoms with Gasteiger partial charge in [-0.3, -0.25) is 4.57 Å². The molecule has 5 nitrogen and oxygen atoms in total. The van der Waals surface area contributed by atoms with E-state index in [0.29, 0.717) is 23.3 Å². The van der Waals surface area contributed by atoms with E-state index in [0.717, 1.165) is 50.3 Å². The SMILES string of the molecule is CC(C)c1cccc(C(C)C)c1-c1cc(Oc2[c-]c3c(cc2)c2ccccc2n3-c2cc(C(C)(C)c3ccccc3)ccn2)[c-]c(-n2[c-][n+](-c3cccc(C(C)(C)c4ccccc4)c3)c(C(C)(C)C)c2)c1.[Pt]. The van der Waals surface area contributed by atoms with Crippen LogP contribution in [0.15, 0.2) is 176 Å². The first kappa shape index (κ1) is 50.1. The van der Waals surface area contributed by atoms with Crippen molar-refractivity contribution in [3.05, 3.63) is 234 Å². The number of fused-ring (bicyclic) bond motifs is 3. The van der Waals surface area contributed by atoms with Gasteiger partial charge < -0.3 is 13.9 Å². The molecule has 0 aliphatic rings. The Bertz CT molecular complexity index is 3530. The minimum Gasteiger partial charge on any atom is -0.510 e.